The van der Waals surface area contributed by atoms with Crippen molar-refractivity contribution < 1.29 is 9.53 Å². The summed E-state index contributed by atoms with van der Waals surface area (Å²) in [5, 5.41) is 7.79. The number of hydrogen-bond acceptors (Lipinski definition) is 5. The molecule has 0 aliphatic heterocycles. The molecule has 0 fully saturated rings. The average Bonchev–Trinajstić information content (AvgIpc) is 3.03. The molecule has 0 spiro atoms. The van der Waals surface area contributed by atoms with Crippen molar-refractivity contribution in [2.45, 2.75) is 0 Å². The summed E-state index contributed by atoms with van der Waals surface area (Å²) in [5.41, 5.74) is 1.77. The minimum absolute atomic E-state index is 0.0583. The second-order valence-electron chi connectivity index (χ2n) is 4.19. The van der Waals surface area contributed by atoms with E-state index in [-0.39, 0.29) is 12.5 Å². The molecule has 21 heavy (non-hydrogen) atoms. The monoisotopic (exact) mass is 322 g/mol. The van der Waals surface area contributed by atoms with Gasteiger partial charge in [0.2, 0.25) is 4.96 Å². The summed E-state index contributed by atoms with van der Waals surface area (Å²) in [6.45, 7) is -0.0583. The lowest BCUT2D eigenvalue weighted by Gasteiger charge is -1.99. The Morgan fingerprint density at radius 1 is 1.43 bits per heavy atom. The summed E-state index contributed by atoms with van der Waals surface area (Å²) in [6.07, 6.45) is 1.81. The zero-order chi connectivity index (χ0) is 14.8. The van der Waals surface area contributed by atoms with E-state index in [0.29, 0.717) is 15.2 Å². The number of benzene rings is 1. The Hall–Kier alpha value is -2.12. The fraction of sp³-hybridized carbons (Fsp3) is 0.154. The van der Waals surface area contributed by atoms with Crippen molar-refractivity contribution in [3.05, 3.63) is 35.5 Å². The maximum absolute atomic E-state index is 11.1. The van der Waals surface area contributed by atoms with Gasteiger partial charge in [-0.2, -0.15) is 0 Å². The number of nitrogens with one attached hydrogen (secondary N) is 1. The van der Waals surface area contributed by atoms with E-state index in [1.165, 1.54) is 11.3 Å². The molecule has 1 aromatic carbocycles. The van der Waals surface area contributed by atoms with Gasteiger partial charge < -0.3 is 10.1 Å². The molecule has 108 valence electrons. The molecular formula is C13H11ClN4O2S. The molecule has 2 heterocycles. The van der Waals surface area contributed by atoms with Gasteiger partial charge in [-0.15, -0.1) is 5.10 Å². The van der Waals surface area contributed by atoms with Crippen molar-refractivity contribution in [3.8, 4) is 16.5 Å². The van der Waals surface area contributed by atoms with Gasteiger partial charge in [0.1, 0.15) is 0 Å². The SMILES string of the molecule is CNC(=O)COc1nn2cc(-c3ccc(Cl)cc3)nc2s1. The molecule has 0 atom stereocenters. The number of halogens is 1. The highest BCUT2D eigenvalue weighted by molar-refractivity contribution is 7.18. The normalized spacial score (nSPS) is 10.8. The van der Waals surface area contributed by atoms with Crippen LogP contribution in [0.15, 0.2) is 30.5 Å². The number of imidazole rings is 1. The van der Waals surface area contributed by atoms with Crippen LogP contribution < -0.4 is 10.1 Å². The van der Waals surface area contributed by atoms with Crippen LogP contribution in [0.2, 0.25) is 5.02 Å². The Morgan fingerprint density at radius 2 is 2.19 bits per heavy atom. The Kier molecular flexibility index (Phi) is 3.76. The first kappa shape index (κ1) is 13.8. The molecule has 1 N–H and O–H groups in total. The van der Waals surface area contributed by atoms with E-state index >= 15 is 0 Å². The molecule has 0 aliphatic rings. The molecule has 2 aromatic heterocycles. The summed E-state index contributed by atoms with van der Waals surface area (Å²) >= 11 is 7.15. The predicted octanol–water partition coefficient (Wildman–Crippen LogP) is 2.24. The van der Waals surface area contributed by atoms with Crippen LogP contribution in [0.5, 0.6) is 5.19 Å². The maximum Gasteiger partial charge on any atom is 0.294 e. The topological polar surface area (TPSA) is 68.5 Å². The van der Waals surface area contributed by atoms with Crippen LogP contribution >= 0.6 is 22.9 Å². The molecule has 0 saturated heterocycles. The Bertz CT molecular complexity index is 750. The van der Waals surface area contributed by atoms with E-state index in [1.807, 2.05) is 30.5 Å². The number of aromatic nitrogens is 3. The number of amides is 1. The molecule has 1 amide bonds. The second kappa shape index (κ2) is 5.71. The number of fused-ring (bicyclic) bond motifs is 1. The van der Waals surface area contributed by atoms with Crippen molar-refractivity contribution in [1.29, 1.82) is 0 Å². The minimum atomic E-state index is -0.204. The number of carbonyl (C=O) groups is 1. The van der Waals surface area contributed by atoms with E-state index in [2.05, 4.69) is 15.4 Å². The standard InChI is InChI=1S/C13H11ClN4O2S/c1-15-11(19)7-20-13-17-18-6-10(16-12(18)21-13)8-2-4-9(14)5-3-8/h2-6H,7H2,1H3,(H,15,19). The van der Waals surface area contributed by atoms with Gasteiger partial charge in [0.25, 0.3) is 11.1 Å². The third kappa shape index (κ3) is 2.98. The summed E-state index contributed by atoms with van der Waals surface area (Å²) in [7, 11) is 1.55. The van der Waals surface area contributed by atoms with Crippen LogP contribution in [-0.4, -0.2) is 34.2 Å². The molecule has 0 aliphatic carbocycles. The van der Waals surface area contributed by atoms with Gasteiger partial charge in [-0.05, 0) is 23.5 Å². The molecule has 3 aromatic rings. The van der Waals surface area contributed by atoms with E-state index in [9.17, 15) is 4.79 Å². The third-order valence-corrected chi connectivity index (χ3v) is 3.86. The molecular weight excluding hydrogens is 312 g/mol. The molecule has 0 unspecified atom stereocenters. The molecule has 6 nitrogen and oxygen atoms in total. The van der Waals surface area contributed by atoms with Gasteiger partial charge in [-0.25, -0.2) is 9.50 Å². The average molecular weight is 323 g/mol. The second-order valence-corrected chi connectivity index (χ2v) is 5.54. The van der Waals surface area contributed by atoms with Crippen molar-refractivity contribution >= 4 is 33.8 Å². The lowest BCUT2D eigenvalue weighted by Crippen LogP contribution is -2.24. The number of ether oxygens (including phenoxy) is 1. The Morgan fingerprint density at radius 3 is 2.86 bits per heavy atom. The van der Waals surface area contributed by atoms with Crippen molar-refractivity contribution in [1.82, 2.24) is 19.9 Å². The molecule has 0 saturated carbocycles. The lowest BCUT2D eigenvalue weighted by atomic mass is 10.2. The van der Waals surface area contributed by atoms with Crippen LogP contribution in [0.3, 0.4) is 0 Å². The zero-order valence-corrected chi connectivity index (χ0v) is 12.6. The fourth-order valence-corrected chi connectivity index (χ4v) is 2.56. The van der Waals surface area contributed by atoms with Crippen LogP contribution in [0, 0.1) is 0 Å². The van der Waals surface area contributed by atoms with Gasteiger partial charge in [0.05, 0.1) is 11.9 Å². The van der Waals surface area contributed by atoms with E-state index in [0.717, 1.165) is 11.3 Å². The van der Waals surface area contributed by atoms with Gasteiger partial charge in [0.15, 0.2) is 6.61 Å². The quantitative estimate of drug-likeness (QED) is 0.800. The van der Waals surface area contributed by atoms with Crippen LogP contribution in [-0.2, 0) is 4.79 Å². The number of likely N-dealkylation sites (N-methyl/N-ethyl adjacent to an activating group) is 1. The largest absolute Gasteiger partial charge is 0.459 e. The van der Waals surface area contributed by atoms with Crippen molar-refractivity contribution in [2.75, 3.05) is 13.7 Å². The zero-order valence-electron chi connectivity index (χ0n) is 11.0. The van der Waals surface area contributed by atoms with Crippen molar-refractivity contribution in [3.63, 3.8) is 0 Å². The number of nitrogens with zero attached hydrogens (tertiary/aromatic N) is 3. The highest BCUT2D eigenvalue weighted by Gasteiger charge is 2.11. The Balaban J connectivity index is 1.81. The van der Waals surface area contributed by atoms with Crippen LogP contribution in [0.25, 0.3) is 16.2 Å². The first-order valence-corrected chi connectivity index (χ1v) is 7.30. The molecule has 3 rings (SSSR count). The molecule has 0 radical (unpaired) electrons. The molecule has 8 heteroatoms. The first-order valence-electron chi connectivity index (χ1n) is 6.11. The van der Waals surface area contributed by atoms with E-state index in [1.54, 1.807) is 11.6 Å². The van der Waals surface area contributed by atoms with E-state index < -0.39 is 0 Å². The summed E-state index contributed by atoms with van der Waals surface area (Å²) < 4.78 is 6.91. The van der Waals surface area contributed by atoms with Gasteiger partial charge in [-0.1, -0.05) is 23.7 Å². The smallest absolute Gasteiger partial charge is 0.294 e. The Labute approximate surface area is 129 Å². The third-order valence-electron chi connectivity index (χ3n) is 2.77. The number of hydrogen-bond donors (Lipinski definition) is 1. The summed E-state index contributed by atoms with van der Waals surface area (Å²) in [4.78, 5) is 16.3. The van der Waals surface area contributed by atoms with Gasteiger partial charge >= 0.3 is 0 Å². The number of carbonyl (C=O) groups excluding carboxylic acids is 1. The summed E-state index contributed by atoms with van der Waals surface area (Å²) in [5.74, 6) is -0.204. The lowest BCUT2D eigenvalue weighted by molar-refractivity contribution is -0.122. The summed E-state index contributed by atoms with van der Waals surface area (Å²) in [6, 6.07) is 7.43. The number of rotatable bonds is 4. The first-order chi connectivity index (χ1) is 10.2. The highest BCUT2D eigenvalue weighted by Crippen LogP contribution is 2.26. The minimum Gasteiger partial charge on any atom is -0.459 e. The fourth-order valence-electron chi connectivity index (χ4n) is 1.70. The van der Waals surface area contributed by atoms with Gasteiger partial charge in [-0.3, -0.25) is 4.79 Å². The van der Waals surface area contributed by atoms with Gasteiger partial charge in [0, 0.05) is 17.6 Å². The maximum atomic E-state index is 11.1. The van der Waals surface area contributed by atoms with Crippen LogP contribution in [0.4, 0.5) is 0 Å². The molecule has 0 bridgehead atoms. The highest BCUT2D eigenvalue weighted by atomic mass is 35.5. The van der Waals surface area contributed by atoms with Crippen LogP contribution in [0.1, 0.15) is 0 Å². The van der Waals surface area contributed by atoms with E-state index in [4.69, 9.17) is 16.3 Å². The predicted molar refractivity (Wildman–Crippen MR) is 80.9 cm³/mol. The van der Waals surface area contributed by atoms with Crippen molar-refractivity contribution in [2.24, 2.45) is 0 Å².